The van der Waals surface area contributed by atoms with E-state index in [9.17, 15) is 18.0 Å². The van der Waals surface area contributed by atoms with Crippen LogP contribution in [0.2, 0.25) is 0 Å². The van der Waals surface area contributed by atoms with E-state index in [1.165, 1.54) is 6.92 Å². The minimum atomic E-state index is -3.55. The van der Waals surface area contributed by atoms with Crippen LogP contribution in [0.3, 0.4) is 0 Å². The number of benzene rings is 1. The van der Waals surface area contributed by atoms with Crippen molar-refractivity contribution in [2.75, 3.05) is 5.75 Å². The van der Waals surface area contributed by atoms with Crippen LogP contribution in [0.25, 0.3) is 0 Å². The molecule has 2 rings (SSSR count). The van der Waals surface area contributed by atoms with Crippen molar-refractivity contribution in [3.63, 3.8) is 0 Å². The van der Waals surface area contributed by atoms with Gasteiger partial charge in [0, 0.05) is 11.7 Å². The molecule has 0 saturated heterocycles. The first-order valence-electron chi connectivity index (χ1n) is 8.78. The summed E-state index contributed by atoms with van der Waals surface area (Å²) in [5.41, 5.74) is -0.417. The van der Waals surface area contributed by atoms with Crippen LogP contribution in [0.15, 0.2) is 24.3 Å². The first-order chi connectivity index (χ1) is 12.0. The summed E-state index contributed by atoms with van der Waals surface area (Å²) in [6.07, 6.45) is 0.595. The highest BCUT2D eigenvalue weighted by Crippen LogP contribution is 2.55. The van der Waals surface area contributed by atoms with Crippen LogP contribution in [0.5, 0.6) is 0 Å². The lowest BCUT2D eigenvalue weighted by Gasteiger charge is -2.22. The molecular formula is C19H27NO5S. The number of nitrogens with one attached hydrogen (secondary N) is 1. The van der Waals surface area contributed by atoms with E-state index < -0.39 is 38.2 Å². The van der Waals surface area contributed by atoms with Gasteiger partial charge in [-0.25, -0.2) is 13.2 Å². The number of aldehydes is 1. The molecule has 3 atom stereocenters. The second-order valence-corrected chi connectivity index (χ2v) is 10.0. The molecule has 7 heteroatoms. The van der Waals surface area contributed by atoms with Gasteiger partial charge in [0.2, 0.25) is 0 Å². The van der Waals surface area contributed by atoms with Crippen LogP contribution in [0.1, 0.15) is 51.7 Å². The molecule has 0 aliphatic heterocycles. The van der Waals surface area contributed by atoms with E-state index in [0.717, 1.165) is 12.0 Å². The Labute approximate surface area is 155 Å². The van der Waals surface area contributed by atoms with Crippen LogP contribution in [0.4, 0.5) is 4.79 Å². The van der Waals surface area contributed by atoms with Gasteiger partial charge in [0.05, 0.1) is 0 Å². The van der Waals surface area contributed by atoms with Gasteiger partial charge in [-0.1, -0.05) is 38.1 Å². The van der Waals surface area contributed by atoms with E-state index >= 15 is 0 Å². The summed E-state index contributed by atoms with van der Waals surface area (Å²) in [5, 5.41) is 1.54. The van der Waals surface area contributed by atoms with E-state index in [1.54, 1.807) is 20.8 Å². The van der Waals surface area contributed by atoms with Gasteiger partial charge in [0.1, 0.15) is 22.7 Å². The van der Waals surface area contributed by atoms with Crippen LogP contribution in [-0.4, -0.2) is 42.9 Å². The third-order valence-electron chi connectivity index (χ3n) is 4.63. The molecule has 0 spiro atoms. The Morgan fingerprint density at radius 3 is 2.23 bits per heavy atom. The zero-order valence-electron chi connectivity index (χ0n) is 15.9. The molecular weight excluding hydrogens is 354 g/mol. The molecule has 0 bridgehead atoms. The van der Waals surface area contributed by atoms with Crippen molar-refractivity contribution < 1.29 is 22.7 Å². The lowest BCUT2D eigenvalue weighted by Crippen LogP contribution is -2.45. The molecule has 144 valence electrons. The van der Waals surface area contributed by atoms with Gasteiger partial charge >= 0.3 is 6.09 Å². The zero-order valence-corrected chi connectivity index (χ0v) is 16.7. The highest BCUT2D eigenvalue weighted by Gasteiger charge is 2.72. The molecule has 6 nitrogen and oxygen atoms in total. The van der Waals surface area contributed by atoms with Gasteiger partial charge in [-0.3, -0.25) is 0 Å². The van der Waals surface area contributed by atoms with E-state index in [1.807, 2.05) is 31.2 Å². The van der Waals surface area contributed by atoms with Crippen LogP contribution >= 0.6 is 0 Å². The average molecular weight is 381 g/mol. The molecule has 1 aromatic rings. The molecule has 1 N–H and O–H groups in total. The molecule has 0 aromatic heterocycles. The maximum atomic E-state index is 12.6. The fourth-order valence-electron chi connectivity index (χ4n) is 3.27. The SMILES string of the molecule is CCc1ccc([C@H]2[C@@H](S(=O)(=O)CC)[C@@]2(C=O)NC(=O)OC(C)(C)C)cc1. The second kappa shape index (κ2) is 7.02. The number of ether oxygens (including phenoxy) is 1. The number of rotatable bonds is 6. The van der Waals surface area contributed by atoms with Gasteiger partial charge in [-0.2, -0.15) is 0 Å². The van der Waals surface area contributed by atoms with Crippen LogP contribution in [-0.2, 0) is 25.8 Å². The predicted octanol–water partition coefficient (Wildman–Crippen LogP) is 2.61. The summed E-state index contributed by atoms with van der Waals surface area (Å²) in [5.74, 6) is -0.726. The van der Waals surface area contributed by atoms with Crippen molar-refractivity contribution in [3.8, 4) is 0 Å². The highest BCUT2D eigenvalue weighted by atomic mass is 32.2. The Morgan fingerprint density at radius 1 is 1.23 bits per heavy atom. The minimum Gasteiger partial charge on any atom is -0.444 e. The monoisotopic (exact) mass is 381 g/mol. The number of aryl methyl sites for hydroxylation is 1. The van der Waals surface area contributed by atoms with Crippen molar-refractivity contribution in [2.24, 2.45) is 0 Å². The molecule has 0 radical (unpaired) electrons. The van der Waals surface area contributed by atoms with Gasteiger partial charge < -0.3 is 14.8 Å². The first kappa shape index (κ1) is 20.4. The maximum Gasteiger partial charge on any atom is 0.408 e. The Kier molecular flexibility index (Phi) is 5.52. The summed E-state index contributed by atoms with van der Waals surface area (Å²) in [6.45, 7) is 8.67. The van der Waals surface area contributed by atoms with E-state index in [4.69, 9.17) is 4.74 Å². The predicted molar refractivity (Wildman–Crippen MR) is 100.0 cm³/mol. The fourth-order valence-corrected chi connectivity index (χ4v) is 5.20. The number of carbonyl (C=O) groups excluding carboxylic acids is 2. The largest absolute Gasteiger partial charge is 0.444 e. The van der Waals surface area contributed by atoms with Crippen molar-refractivity contribution >= 4 is 22.2 Å². The summed E-state index contributed by atoms with van der Waals surface area (Å²) in [7, 11) is -3.55. The molecule has 1 amide bonds. The molecule has 1 aliphatic carbocycles. The van der Waals surface area contributed by atoms with Crippen LogP contribution < -0.4 is 5.32 Å². The average Bonchev–Trinajstić information content (AvgIpc) is 3.22. The number of sulfone groups is 1. The smallest absolute Gasteiger partial charge is 0.408 e. The molecule has 0 unspecified atom stereocenters. The first-order valence-corrected chi connectivity index (χ1v) is 10.5. The van der Waals surface area contributed by atoms with Crippen LogP contribution in [0, 0.1) is 0 Å². The van der Waals surface area contributed by atoms with Crippen molar-refractivity contribution in [3.05, 3.63) is 35.4 Å². The minimum absolute atomic E-state index is 0.104. The third kappa shape index (κ3) is 3.92. The number of amides is 1. The quantitative estimate of drug-likeness (QED) is 0.765. The molecule has 1 fully saturated rings. The lowest BCUT2D eigenvalue weighted by atomic mass is 10.0. The second-order valence-electron chi connectivity index (χ2n) is 7.62. The summed E-state index contributed by atoms with van der Waals surface area (Å²) in [4.78, 5) is 24.2. The highest BCUT2D eigenvalue weighted by molar-refractivity contribution is 7.92. The van der Waals surface area contributed by atoms with Crippen molar-refractivity contribution in [2.45, 2.75) is 63.3 Å². The molecule has 26 heavy (non-hydrogen) atoms. The Hall–Kier alpha value is -1.89. The standard InChI is InChI=1S/C19H27NO5S/c1-6-13-8-10-14(11-9-13)15-16(26(23,24)7-2)19(15,12-21)20-17(22)25-18(3,4)5/h8-12,15-16H,6-7H2,1-5H3,(H,20,22)/t15-,16+,19-/m0/s1. The van der Waals surface area contributed by atoms with Gasteiger partial charge in [-0.15, -0.1) is 0 Å². The normalized spacial score (nSPS) is 25.4. The van der Waals surface area contributed by atoms with Gasteiger partial charge in [0.25, 0.3) is 0 Å². The lowest BCUT2D eigenvalue weighted by molar-refractivity contribution is -0.110. The number of hydrogen-bond donors (Lipinski definition) is 1. The van der Waals surface area contributed by atoms with Gasteiger partial charge in [0.15, 0.2) is 9.84 Å². The molecule has 1 aromatic carbocycles. The molecule has 1 aliphatic rings. The zero-order chi connectivity index (χ0) is 19.8. The van der Waals surface area contributed by atoms with E-state index in [0.29, 0.717) is 11.8 Å². The van der Waals surface area contributed by atoms with E-state index in [2.05, 4.69) is 5.32 Å². The Bertz CT molecular complexity index is 779. The van der Waals surface area contributed by atoms with Crippen molar-refractivity contribution in [1.82, 2.24) is 5.32 Å². The topological polar surface area (TPSA) is 89.5 Å². The third-order valence-corrected chi connectivity index (χ3v) is 6.87. The summed E-state index contributed by atoms with van der Waals surface area (Å²) in [6, 6.07) is 7.46. The molecule has 0 heterocycles. The number of hydrogen-bond acceptors (Lipinski definition) is 5. The maximum absolute atomic E-state index is 12.6. The summed E-state index contributed by atoms with van der Waals surface area (Å²) >= 11 is 0. The van der Waals surface area contributed by atoms with Crippen molar-refractivity contribution in [1.29, 1.82) is 0 Å². The van der Waals surface area contributed by atoms with E-state index in [-0.39, 0.29) is 5.75 Å². The number of alkyl carbamates (subject to hydrolysis) is 1. The van der Waals surface area contributed by atoms with Gasteiger partial charge in [-0.05, 0) is 38.3 Å². The summed E-state index contributed by atoms with van der Waals surface area (Å²) < 4.78 is 30.3. The fraction of sp³-hybridized carbons (Fsp3) is 0.579. The molecule has 1 saturated carbocycles. The number of carbonyl (C=O) groups is 2. The Balaban J connectivity index is 2.39. The Morgan fingerprint density at radius 2 is 1.81 bits per heavy atom.